The maximum absolute atomic E-state index is 13.1. The second-order valence-corrected chi connectivity index (χ2v) is 9.53. The lowest BCUT2D eigenvalue weighted by Crippen LogP contribution is -2.42. The van der Waals surface area contributed by atoms with Gasteiger partial charge in [-0.3, -0.25) is 14.6 Å². The van der Waals surface area contributed by atoms with E-state index in [0.717, 1.165) is 36.0 Å². The number of nitrogens with zero attached hydrogens (tertiary/aromatic N) is 2. The summed E-state index contributed by atoms with van der Waals surface area (Å²) in [6.45, 7) is 9.63. The average molecular weight is 450 g/mol. The molecule has 2 heterocycles. The molecule has 4 rings (SSSR count). The number of halogens is 1. The van der Waals surface area contributed by atoms with Gasteiger partial charge in [0.1, 0.15) is 0 Å². The molecular weight excluding hydrogens is 422 g/mol. The average Bonchev–Trinajstić information content (AvgIpc) is 2.73. The summed E-state index contributed by atoms with van der Waals surface area (Å²) in [6, 6.07) is 12.7. The standard InChI is InChI=1S/C26H28ClN3O2/c1-15-9-16(2)14-30(13-15)26(32)19-6-5-17(3)24(12-19)29-25(31)22-11-20-10-21(27)7-8-23(20)28-18(22)4/h5-8,10-12,15-16H,9,13-14H2,1-4H3,(H,29,31). The van der Waals surface area contributed by atoms with Crippen LogP contribution >= 0.6 is 11.6 Å². The molecule has 1 aromatic heterocycles. The Morgan fingerprint density at radius 3 is 2.47 bits per heavy atom. The van der Waals surface area contributed by atoms with Crippen LogP contribution < -0.4 is 5.32 Å². The number of piperidine rings is 1. The Bertz CT molecular complexity index is 1200. The van der Waals surface area contributed by atoms with Crippen LogP contribution in [0.5, 0.6) is 0 Å². The van der Waals surface area contributed by atoms with Crippen molar-refractivity contribution in [3.05, 3.63) is 69.9 Å². The number of carbonyl (C=O) groups excluding carboxylic acids is 2. The summed E-state index contributed by atoms with van der Waals surface area (Å²) in [7, 11) is 0. The van der Waals surface area contributed by atoms with Gasteiger partial charge in [0.25, 0.3) is 11.8 Å². The van der Waals surface area contributed by atoms with Crippen LogP contribution in [-0.2, 0) is 0 Å². The molecule has 6 heteroatoms. The van der Waals surface area contributed by atoms with Gasteiger partial charge in [-0.1, -0.05) is 31.5 Å². The number of pyridine rings is 1. The third kappa shape index (κ3) is 4.63. The molecule has 2 unspecified atom stereocenters. The second kappa shape index (κ2) is 8.91. The van der Waals surface area contributed by atoms with E-state index in [2.05, 4.69) is 24.1 Å². The molecule has 1 saturated heterocycles. The summed E-state index contributed by atoms with van der Waals surface area (Å²) in [6.07, 6.45) is 1.14. The molecule has 2 amide bonds. The molecule has 2 aromatic carbocycles. The first-order valence-electron chi connectivity index (χ1n) is 11.0. The first-order chi connectivity index (χ1) is 15.2. The molecule has 0 aliphatic carbocycles. The zero-order valence-corrected chi connectivity index (χ0v) is 19.7. The Morgan fingerprint density at radius 2 is 1.75 bits per heavy atom. The Labute approximate surface area is 193 Å². The summed E-state index contributed by atoms with van der Waals surface area (Å²) in [5, 5.41) is 4.38. The molecule has 1 aliphatic heterocycles. The van der Waals surface area contributed by atoms with E-state index in [0.29, 0.717) is 39.4 Å². The molecule has 1 fully saturated rings. The number of hydrogen-bond donors (Lipinski definition) is 1. The molecule has 3 aromatic rings. The van der Waals surface area contributed by atoms with E-state index < -0.39 is 0 Å². The van der Waals surface area contributed by atoms with E-state index in [1.54, 1.807) is 24.3 Å². The lowest BCUT2D eigenvalue weighted by atomic mass is 9.91. The minimum absolute atomic E-state index is 0.0112. The van der Waals surface area contributed by atoms with Gasteiger partial charge in [-0.2, -0.15) is 0 Å². The van der Waals surface area contributed by atoms with Crippen LogP contribution in [0.15, 0.2) is 42.5 Å². The highest BCUT2D eigenvalue weighted by Crippen LogP contribution is 2.26. The van der Waals surface area contributed by atoms with Gasteiger partial charge in [0.05, 0.1) is 16.8 Å². The highest BCUT2D eigenvalue weighted by molar-refractivity contribution is 6.31. The number of fused-ring (bicyclic) bond motifs is 1. The van der Waals surface area contributed by atoms with Crippen molar-refractivity contribution in [3.63, 3.8) is 0 Å². The quantitative estimate of drug-likeness (QED) is 0.543. The predicted molar refractivity (Wildman–Crippen MR) is 129 cm³/mol. The van der Waals surface area contributed by atoms with Crippen molar-refractivity contribution in [2.24, 2.45) is 11.8 Å². The molecule has 2 atom stereocenters. The van der Waals surface area contributed by atoms with Gasteiger partial charge in [-0.05, 0) is 74.1 Å². The van der Waals surface area contributed by atoms with Crippen LogP contribution in [-0.4, -0.2) is 34.8 Å². The summed E-state index contributed by atoms with van der Waals surface area (Å²) in [4.78, 5) is 32.7. The third-order valence-electron chi connectivity index (χ3n) is 6.10. The molecule has 0 radical (unpaired) electrons. The largest absolute Gasteiger partial charge is 0.338 e. The maximum Gasteiger partial charge on any atom is 0.257 e. The van der Waals surface area contributed by atoms with E-state index >= 15 is 0 Å². The minimum Gasteiger partial charge on any atom is -0.338 e. The molecule has 166 valence electrons. The van der Waals surface area contributed by atoms with Crippen molar-refractivity contribution < 1.29 is 9.59 Å². The number of anilines is 1. The number of likely N-dealkylation sites (tertiary alicyclic amines) is 1. The summed E-state index contributed by atoms with van der Waals surface area (Å²) < 4.78 is 0. The Kier molecular flexibility index (Phi) is 6.20. The monoisotopic (exact) mass is 449 g/mol. The fraction of sp³-hybridized carbons (Fsp3) is 0.346. The number of carbonyl (C=O) groups is 2. The summed E-state index contributed by atoms with van der Waals surface area (Å²) >= 11 is 6.11. The normalized spacial score (nSPS) is 18.6. The number of nitrogens with one attached hydrogen (secondary N) is 1. The third-order valence-corrected chi connectivity index (χ3v) is 6.34. The van der Waals surface area contributed by atoms with Gasteiger partial charge in [0, 0.05) is 34.7 Å². The topological polar surface area (TPSA) is 62.3 Å². The van der Waals surface area contributed by atoms with Crippen LogP contribution in [0, 0.1) is 25.7 Å². The van der Waals surface area contributed by atoms with Gasteiger partial charge in [-0.15, -0.1) is 0 Å². The summed E-state index contributed by atoms with van der Waals surface area (Å²) in [5.74, 6) is 0.732. The molecule has 0 bridgehead atoms. The van der Waals surface area contributed by atoms with Crippen molar-refractivity contribution in [1.82, 2.24) is 9.88 Å². The number of hydrogen-bond acceptors (Lipinski definition) is 3. The molecule has 1 aliphatic rings. The van der Waals surface area contributed by atoms with Gasteiger partial charge < -0.3 is 10.2 Å². The lowest BCUT2D eigenvalue weighted by Gasteiger charge is -2.35. The number of aryl methyl sites for hydroxylation is 2. The van der Waals surface area contributed by atoms with Gasteiger partial charge in [0.15, 0.2) is 0 Å². The van der Waals surface area contributed by atoms with Crippen LogP contribution in [0.1, 0.15) is 52.2 Å². The smallest absolute Gasteiger partial charge is 0.257 e. The zero-order valence-electron chi connectivity index (χ0n) is 18.9. The molecule has 1 N–H and O–H groups in total. The predicted octanol–water partition coefficient (Wildman–Crippen LogP) is 5.88. The van der Waals surface area contributed by atoms with Gasteiger partial charge in [-0.25, -0.2) is 0 Å². The van der Waals surface area contributed by atoms with Gasteiger partial charge in [0.2, 0.25) is 0 Å². The van der Waals surface area contributed by atoms with Crippen molar-refractivity contribution in [3.8, 4) is 0 Å². The van der Waals surface area contributed by atoms with Crippen molar-refractivity contribution in [1.29, 1.82) is 0 Å². The van der Waals surface area contributed by atoms with Crippen molar-refractivity contribution in [2.75, 3.05) is 18.4 Å². The second-order valence-electron chi connectivity index (χ2n) is 9.10. The fourth-order valence-electron chi connectivity index (χ4n) is 4.56. The van der Waals surface area contributed by atoms with Gasteiger partial charge >= 0.3 is 0 Å². The molecular formula is C26H28ClN3O2. The number of rotatable bonds is 3. The zero-order chi connectivity index (χ0) is 23.0. The summed E-state index contributed by atoms with van der Waals surface area (Å²) in [5.41, 5.74) is 4.02. The first kappa shape index (κ1) is 22.3. The van der Waals surface area contributed by atoms with Crippen molar-refractivity contribution in [2.45, 2.75) is 34.1 Å². The minimum atomic E-state index is -0.259. The Hall–Kier alpha value is -2.92. The number of aromatic nitrogens is 1. The van der Waals surface area contributed by atoms with Crippen LogP contribution in [0.4, 0.5) is 5.69 Å². The molecule has 5 nitrogen and oxygen atoms in total. The highest BCUT2D eigenvalue weighted by atomic mass is 35.5. The first-order valence-corrected chi connectivity index (χ1v) is 11.4. The van der Waals surface area contributed by atoms with E-state index in [1.807, 2.05) is 36.9 Å². The molecule has 0 spiro atoms. The highest BCUT2D eigenvalue weighted by Gasteiger charge is 2.26. The van der Waals surface area contributed by atoms with E-state index in [9.17, 15) is 9.59 Å². The molecule has 0 saturated carbocycles. The maximum atomic E-state index is 13.1. The van der Waals surface area contributed by atoms with Crippen molar-refractivity contribution >= 4 is 40.0 Å². The van der Waals surface area contributed by atoms with E-state index in [4.69, 9.17) is 11.6 Å². The van der Waals surface area contributed by atoms with Crippen LogP contribution in [0.2, 0.25) is 5.02 Å². The molecule has 32 heavy (non-hydrogen) atoms. The fourth-order valence-corrected chi connectivity index (χ4v) is 4.74. The van der Waals surface area contributed by atoms with Crippen LogP contribution in [0.3, 0.4) is 0 Å². The Balaban J connectivity index is 1.59. The lowest BCUT2D eigenvalue weighted by molar-refractivity contribution is 0.0623. The number of amides is 2. The van der Waals surface area contributed by atoms with E-state index in [1.165, 1.54) is 0 Å². The SMILES string of the molecule is Cc1ccc(C(=O)N2CC(C)CC(C)C2)cc1NC(=O)c1cc2cc(Cl)ccc2nc1C. The Morgan fingerprint density at radius 1 is 1.03 bits per heavy atom. The van der Waals surface area contributed by atoms with E-state index in [-0.39, 0.29) is 11.8 Å². The van der Waals surface area contributed by atoms with Crippen LogP contribution in [0.25, 0.3) is 10.9 Å². The number of benzene rings is 2.